The van der Waals surface area contributed by atoms with Gasteiger partial charge in [-0.15, -0.1) is 0 Å². The average molecular weight is 448 g/mol. The molecule has 170 valence electrons. The molecule has 0 saturated heterocycles. The lowest BCUT2D eigenvalue weighted by Crippen LogP contribution is -2.46. The topological polar surface area (TPSA) is 58.2 Å². The highest BCUT2D eigenvalue weighted by Crippen LogP contribution is 2.44. The summed E-state index contributed by atoms with van der Waals surface area (Å²) in [6, 6.07) is -0.988. The molecule has 2 amide bonds. The number of amides is 2. The summed E-state index contributed by atoms with van der Waals surface area (Å²) in [5, 5.41) is 4.63. The first-order chi connectivity index (χ1) is 14.4. The maximum Gasteiger partial charge on any atom is 0.414 e. The molecule has 0 spiro atoms. The summed E-state index contributed by atoms with van der Waals surface area (Å²) in [4.78, 5) is 25.1. The number of hydrogen-bond donors (Lipinski definition) is 2. The monoisotopic (exact) mass is 448 g/mol. The summed E-state index contributed by atoms with van der Waals surface area (Å²) in [5.74, 6) is -7.72. The molecule has 0 fully saturated rings. The first-order valence-electron chi connectivity index (χ1n) is 9.33. The van der Waals surface area contributed by atoms with Crippen molar-refractivity contribution in [3.8, 4) is 0 Å². The van der Waals surface area contributed by atoms with Crippen molar-refractivity contribution < 1.29 is 38.8 Å². The van der Waals surface area contributed by atoms with Crippen molar-refractivity contribution in [3.63, 3.8) is 0 Å². The molecular weight excluding hydrogens is 426 g/mol. The van der Waals surface area contributed by atoms with Gasteiger partial charge in [0, 0.05) is 27.0 Å². The third-order valence-electron chi connectivity index (χ3n) is 5.22. The third kappa shape index (κ3) is 4.62. The summed E-state index contributed by atoms with van der Waals surface area (Å²) < 4.78 is 82.4. The highest BCUT2D eigenvalue weighted by molar-refractivity contribution is 6.03. The lowest BCUT2D eigenvalue weighted by Gasteiger charge is -2.34. The molecule has 2 unspecified atom stereocenters. The number of hydrogen-bond acceptors (Lipinski definition) is 2. The molecule has 0 aromatic rings. The number of carbonyl (C=O) groups excluding carboxylic acids is 2. The van der Waals surface area contributed by atoms with Crippen LogP contribution in [0.1, 0.15) is 23.1 Å². The Balaban J connectivity index is 0.00000272. The summed E-state index contributed by atoms with van der Waals surface area (Å²) in [6.07, 6.45) is -0.780. The third-order valence-corrected chi connectivity index (χ3v) is 5.22. The van der Waals surface area contributed by atoms with Crippen molar-refractivity contribution in [1.29, 1.82) is 0 Å². The maximum atomic E-state index is 14.0. The fourth-order valence-corrected chi connectivity index (χ4v) is 3.69. The first-order valence-corrected chi connectivity index (χ1v) is 9.33. The van der Waals surface area contributed by atoms with Gasteiger partial charge in [-0.2, -0.15) is 13.2 Å². The van der Waals surface area contributed by atoms with Gasteiger partial charge in [0.25, 0.3) is 5.91 Å². The number of fused-ring (bicyclic) bond motifs is 1. The van der Waals surface area contributed by atoms with Crippen molar-refractivity contribution >= 4 is 11.8 Å². The summed E-state index contributed by atoms with van der Waals surface area (Å²) in [5.41, 5.74) is -2.36. The fourth-order valence-electron chi connectivity index (χ4n) is 3.69. The Hall–Kier alpha value is -2.78. The number of carbonyl (C=O) groups is 2. The number of alkyl halides is 3. The number of allylic oxidation sites excluding steroid dienone is 6. The van der Waals surface area contributed by atoms with Gasteiger partial charge < -0.3 is 10.6 Å². The molecular formula is C21H22F6N2O2. The molecule has 0 aromatic carbocycles. The zero-order chi connectivity index (χ0) is 23.1. The Morgan fingerprint density at radius 2 is 1.87 bits per heavy atom. The van der Waals surface area contributed by atoms with Gasteiger partial charge >= 0.3 is 6.18 Å². The molecule has 0 aromatic heterocycles. The van der Waals surface area contributed by atoms with Gasteiger partial charge in [0.15, 0.2) is 0 Å². The van der Waals surface area contributed by atoms with Crippen molar-refractivity contribution in [2.24, 2.45) is 11.8 Å². The minimum absolute atomic E-state index is 0. The second-order valence-corrected chi connectivity index (χ2v) is 7.37. The van der Waals surface area contributed by atoms with Crippen LogP contribution in [-0.2, 0) is 9.59 Å². The van der Waals surface area contributed by atoms with Crippen LogP contribution in [0.2, 0.25) is 0 Å². The summed E-state index contributed by atoms with van der Waals surface area (Å²) in [6.45, 7) is 2.48. The molecule has 0 saturated carbocycles. The van der Waals surface area contributed by atoms with E-state index in [9.17, 15) is 35.9 Å². The van der Waals surface area contributed by atoms with Crippen LogP contribution < -0.4 is 10.6 Å². The van der Waals surface area contributed by atoms with Crippen LogP contribution >= 0.6 is 0 Å². The Morgan fingerprint density at radius 1 is 1.19 bits per heavy atom. The molecule has 2 N–H and O–H groups in total. The standard InChI is InChI=1S/C21H18F6N2O2.2H2/c1-9(19(30)28-10(2)13-5-3-12(23)8-15(13)24)17-18(21(25,26)27)14-7-11(22)4-6-16(14)29-20(17)31;;/h3-7,9-10,14H,8H2,1-2H3,(H,28,30)(H,29,31);2*1H/t9?,10-,14?;;/m0../s1. The highest BCUT2D eigenvalue weighted by atomic mass is 19.4. The van der Waals surface area contributed by atoms with Gasteiger partial charge in [0.05, 0.1) is 29.9 Å². The molecule has 31 heavy (non-hydrogen) atoms. The van der Waals surface area contributed by atoms with E-state index in [0.29, 0.717) is 6.08 Å². The zero-order valence-electron chi connectivity index (χ0n) is 16.4. The van der Waals surface area contributed by atoms with Gasteiger partial charge in [-0.1, -0.05) is 6.08 Å². The van der Waals surface area contributed by atoms with Crippen LogP contribution in [0, 0.1) is 24.7 Å². The van der Waals surface area contributed by atoms with E-state index < -0.39 is 70.9 Å². The Labute approximate surface area is 177 Å². The Morgan fingerprint density at radius 3 is 2.48 bits per heavy atom. The van der Waals surface area contributed by atoms with E-state index in [4.69, 9.17) is 0 Å². The summed E-state index contributed by atoms with van der Waals surface area (Å²) in [7, 11) is 0. The van der Waals surface area contributed by atoms with Crippen molar-refractivity contribution in [3.05, 3.63) is 71.0 Å². The summed E-state index contributed by atoms with van der Waals surface area (Å²) >= 11 is 0. The largest absolute Gasteiger partial charge is 0.414 e. The molecule has 10 heteroatoms. The van der Waals surface area contributed by atoms with E-state index in [1.54, 1.807) is 0 Å². The molecule has 2 radical (unpaired) electrons. The normalized spacial score (nSPS) is 23.9. The van der Waals surface area contributed by atoms with Crippen LogP contribution in [0.5, 0.6) is 0 Å². The lowest BCUT2D eigenvalue weighted by molar-refractivity contribution is -0.128. The quantitative estimate of drug-likeness (QED) is 0.604. The van der Waals surface area contributed by atoms with Crippen molar-refractivity contribution in [1.82, 2.24) is 10.6 Å². The smallest absolute Gasteiger partial charge is 0.349 e. The Kier molecular flexibility index (Phi) is 6.20. The number of nitrogens with one attached hydrogen (secondary N) is 2. The highest BCUT2D eigenvalue weighted by Gasteiger charge is 2.48. The van der Waals surface area contributed by atoms with Gasteiger partial charge in [0.2, 0.25) is 5.91 Å². The fraction of sp³-hybridized carbons (Fsp3) is 0.333. The predicted molar refractivity (Wildman–Crippen MR) is 104 cm³/mol. The van der Waals surface area contributed by atoms with E-state index in [1.165, 1.54) is 6.92 Å². The minimum Gasteiger partial charge on any atom is -0.349 e. The van der Waals surface area contributed by atoms with E-state index in [-0.39, 0.29) is 14.1 Å². The molecule has 0 bridgehead atoms. The molecule has 4 nitrogen and oxygen atoms in total. The van der Waals surface area contributed by atoms with Crippen molar-refractivity contribution in [2.45, 2.75) is 32.5 Å². The van der Waals surface area contributed by atoms with E-state index >= 15 is 0 Å². The Bertz CT molecular complexity index is 982. The van der Waals surface area contributed by atoms with Crippen molar-refractivity contribution in [2.75, 3.05) is 0 Å². The van der Waals surface area contributed by atoms with Crippen LogP contribution in [0.25, 0.3) is 0 Å². The van der Waals surface area contributed by atoms with Crippen LogP contribution in [0.3, 0.4) is 0 Å². The maximum absolute atomic E-state index is 14.0. The molecule has 3 atom stereocenters. The molecule has 1 aliphatic heterocycles. The second kappa shape index (κ2) is 8.39. The zero-order valence-corrected chi connectivity index (χ0v) is 16.4. The van der Waals surface area contributed by atoms with Gasteiger partial charge in [-0.25, -0.2) is 13.2 Å². The molecule has 2 aliphatic carbocycles. The van der Waals surface area contributed by atoms with E-state index in [0.717, 1.165) is 31.9 Å². The second-order valence-electron chi connectivity index (χ2n) is 7.37. The van der Waals surface area contributed by atoms with Crippen LogP contribution in [-0.4, -0.2) is 24.0 Å². The number of halogens is 6. The number of rotatable bonds is 4. The first kappa shape index (κ1) is 22.9. The molecule has 3 aliphatic rings. The van der Waals surface area contributed by atoms with Gasteiger partial charge in [0.1, 0.15) is 17.5 Å². The van der Waals surface area contributed by atoms with Gasteiger partial charge in [-0.05, 0) is 31.6 Å². The van der Waals surface area contributed by atoms with Crippen LogP contribution in [0.15, 0.2) is 58.1 Å². The molecule has 1 heterocycles. The van der Waals surface area contributed by atoms with E-state index in [2.05, 4.69) is 10.6 Å². The minimum atomic E-state index is -5.01. The average Bonchev–Trinajstić information content (AvgIpc) is 2.65. The molecule has 3 rings (SSSR count). The van der Waals surface area contributed by atoms with Crippen LogP contribution in [0.4, 0.5) is 26.3 Å². The lowest BCUT2D eigenvalue weighted by atomic mass is 9.79. The van der Waals surface area contributed by atoms with E-state index in [1.807, 2.05) is 0 Å². The predicted octanol–water partition coefficient (Wildman–Crippen LogP) is 4.86. The SMILES string of the molecule is CC(C(=O)N[C@@H](C)C1=C(F)CC(F)=C[CH]1)C1=C(C(F)(F)F)C2C=C(F)[CH]C=C2NC1=O.[HH].[HH]. The van der Waals surface area contributed by atoms with Gasteiger partial charge in [-0.3, -0.25) is 9.59 Å².